The average molecular weight is 531 g/mol. The van der Waals surface area contributed by atoms with Crippen LogP contribution in [0.3, 0.4) is 0 Å². The van der Waals surface area contributed by atoms with Crippen LogP contribution in [0.4, 0.5) is 0 Å². The predicted molar refractivity (Wildman–Crippen MR) is 143 cm³/mol. The van der Waals surface area contributed by atoms with Gasteiger partial charge in [0.15, 0.2) is 5.25 Å². The summed E-state index contributed by atoms with van der Waals surface area (Å²) in [6, 6.07) is 0. The van der Waals surface area contributed by atoms with E-state index in [-0.39, 0.29) is 42.8 Å². The van der Waals surface area contributed by atoms with Gasteiger partial charge in [-0.15, -0.1) is 0 Å². The minimum absolute atomic E-state index is 0. The third kappa shape index (κ3) is 24.0. The van der Waals surface area contributed by atoms with Crippen molar-refractivity contribution in [3.05, 3.63) is 0 Å². The van der Waals surface area contributed by atoms with E-state index in [1.807, 2.05) is 0 Å². The first-order valence-corrected chi connectivity index (χ1v) is 15.1. The van der Waals surface area contributed by atoms with Crippen LogP contribution in [0.1, 0.15) is 136 Å². The van der Waals surface area contributed by atoms with Gasteiger partial charge in [0.1, 0.15) is 0 Å². The zero-order valence-electron chi connectivity index (χ0n) is 21.7. The summed E-state index contributed by atoms with van der Waals surface area (Å²) in [7, 11) is -4.75. The quantitative estimate of drug-likeness (QED) is 0.0692. The van der Waals surface area contributed by atoms with Crippen molar-refractivity contribution < 1.29 is 32.0 Å². The van der Waals surface area contributed by atoms with Crippen molar-refractivity contribution in [3.8, 4) is 0 Å². The molecule has 0 aliphatic rings. The number of hydrogen-bond donors (Lipinski definition) is 1. The van der Waals surface area contributed by atoms with E-state index in [2.05, 4.69) is 13.8 Å². The van der Waals surface area contributed by atoms with Crippen LogP contribution in [0, 0.1) is 0 Å². The first-order valence-electron chi connectivity index (χ1n) is 13.6. The van der Waals surface area contributed by atoms with Crippen molar-refractivity contribution in [2.45, 2.75) is 141 Å². The molecule has 0 saturated carbocycles. The summed E-state index contributed by atoms with van der Waals surface area (Å²) in [5.74, 6) is -1.91. The molecule has 204 valence electrons. The molecule has 0 rings (SSSR count). The predicted octanol–water partition coefficient (Wildman–Crippen LogP) is 6.13. The average Bonchev–Trinajstić information content (AvgIpc) is 2.79. The number of carbonyl (C=O) groups excluding carboxylic acids is 2. The van der Waals surface area contributed by atoms with Gasteiger partial charge < -0.3 is 9.47 Å². The molecule has 1 unspecified atom stereocenters. The fourth-order valence-electron chi connectivity index (χ4n) is 3.80. The molecule has 0 fully saturated rings. The summed E-state index contributed by atoms with van der Waals surface area (Å²) in [6.07, 6.45) is 19.3. The summed E-state index contributed by atoms with van der Waals surface area (Å²) in [5, 5.41) is -1.93. The molecule has 0 radical (unpaired) electrons. The van der Waals surface area contributed by atoms with E-state index in [0.717, 1.165) is 38.5 Å². The number of esters is 2. The van der Waals surface area contributed by atoms with Gasteiger partial charge in [-0.1, -0.05) is 117 Å². The molecule has 7 nitrogen and oxygen atoms in total. The summed E-state index contributed by atoms with van der Waals surface area (Å²) < 4.78 is 42.6. The normalized spacial score (nSPS) is 12.1. The number of unbranched alkanes of at least 4 members (excludes halogenated alkanes) is 16. The van der Waals surface area contributed by atoms with Gasteiger partial charge in [0.2, 0.25) is 0 Å². The Balaban J connectivity index is 0. The topological polar surface area (TPSA) is 107 Å². The Bertz CT molecular complexity index is 611. The molecule has 0 aromatic carbocycles. The van der Waals surface area contributed by atoms with Gasteiger partial charge in [0.05, 0.1) is 19.6 Å². The first kappa shape index (κ1) is 37.0. The van der Waals surface area contributed by atoms with Gasteiger partial charge in [0, 0.05) is 0 Å². The number of ether oxygens (including phenoxy) is 2. The molecular weight excluding hydrogens is 479 g/mol. The van der Waals surface area contributed by atoms with Crippen LogP contribution in [-0.2, 0) is 29.2 Å². The summed E-state index contributed by atoms with van der Waals surface area (Å²) in [5.41, 5.74) is 0. The van der Waals surface area contributed by atoms with E-state index in [4.69, 9.17) is 9.47 Å². The van der Waals surface area contributed by atoms with Gasteiger partial charge in [-0.25, -0.2) is 0 Å². The van der Waals surface area contributed by atoms with E-state index in [9.17, 15) is 22.6 Å². The number of carbonyl (C=O) groups is 2. The number of hydrogen-bond acceptors (Lipinski definition) is 6. The Kier molecular flexibility index (Phi) is 27.0. The molecule has 0 spiro atoms. The minimum atomic E-state index is -4.75. The van der Waals surface area contributed by atoms with E-state index in [1.54, 1.807) is 0 Å². The van der Waals surface area contributed by atoms with E-state index < -0.39 is 33.7 Å². The maximum atomic E-state index is 12.1. The van der Waals surface area contributed by atoms with Crippen LogP contribution in [0.2, 0.25) is 0 Å². The molecule has 1 N–H and O–H groups in total. The molecule has 0 heterocycles. The van der Waals surface area contributed by atoms with Crippen molar-refractivity contribution in [1.29, 1.82) is 0 Å². The van der Waals surface area contributed by atoms with Gasteiger partial charge in [-0.2, -0.15) is 8.42 Å². The molecular formula is C26H51NaO7S. The zero-order valence-corrected chi connectivity index (χ0v) is 22.5. The van der Waals surface area contributed by atoms with Crippen molar-refractivity contribution in [2.24, 2.45) is 0 Å². The fourth-order valence-corrected chi connectivity index (χ4v) is 4.46. The SMILES string of the molecule is CCCCCCCCCCCOC(=O)CC(C(=O)OCCCCCCCCCCC)S(=O)(=O)O.[NaH]. The van der Waals surface area contributed by atoms with Crippen molar-refractivity contribution in [3.63, 3.8) is 0 Å². The monoisotopic (exact) mass is 530 g/mol. The third-order valence-corrected chi connectivity index (χ3v) is 7.06. The van der Waals surface area contributed by atoms with Gasteiger partial charge in [0.25, 0.3) is 10.1 Å². The van der Waals surface area contributed by atoms with Crippen LogP contribution in [0.5, 0.6) is 0 Å². The van der Waals surface area contributed by atoms with Crippen molar-refractivity contribution >= 4 is 51.6 Å². The maximum absolute atomic E-state index is 12.1. The number of rotatable bonds is 24. The summed E-state index contributed by atoms with van der Waals surface area (Å²) in [4.78, 5) is 24.1. The molecule has 0 aliphatic carbocycles. The Morgan fingerprint density at radius 1 is 0.629 bits per heavy atom. The Labute approximate surface area is 236 Å². The van der Waals surface area contributed by atoms with Gasteiger partial charge in [-0.05, 0) is 12.8 Å². The molecule has 9 heteroatoms. The molecule has 0 aliphatic heterocycles. The van der Waals surface area contributed by atoms with E-state index in [1.165, 1.54) is 64.2 Å². The standard InChI is InChI=1S/C26H50O7S.Na.H/c1-3-5-7-9-11-13-15-17-19-21-32-25(27)23-24(34(29,30)31)26(28)33-22-20-18-16-14-12-10-8-6-4-2;;/h24H,3-23H2,1-2H3,(H,29,30,31);;. The second kappa shape index (κ2) is 25.5. The Hall–Kier alpha value is -0.150. The second-order valence-corrected chi connectivity index (χ2v) is 10.9. The van der Waals surface area contributed by atoms with Crippen LogP contribution in [-0.4, -0.2) is 72.9 Å². The van der Waals surface area contributed by atoms with Gasteiger partial charge >= 0.3 is 41.5 Å². The van der Waals surface area contributed by atoms with Crippen LogP contribution in [0.25, 0.3) is 0 Å². The van der Waals surface area contributed by atoms with E-state index >= 15 is 0 Å². The molecule has 0 amide bonds. The Morgan fingerprint density at radius 3 is 1.34 bits per heavy atom. The van der Waals surface area contributed by atoms with E-state index in [0.29, 0.717) is 12.8 Å². The molecule has 35 heavy (non-hydrogen) atoms. The second-order valence-electron chi connectivity index (χ2n) is 9.25. The fraction of sp³-hybridized carbons (Fsp3) is 0.923. The van der Waals surface area contributed by atoms with Crippen LogP contribution < -0.4 is 0 Å². The Morgan fingerprint density at radius 2 is 0.971 bits per heavy atom. The molecule has 1 atom stereocenters. The van der Waals surface area contributed by atoms with Gasteiger partial charge in [-0.3, -0.25) is 14.1 Å². The molecule has 0 aromatic heterocycles. The molecule has 0 bridgehead atoms. The zero-order chi connectivity index (χ0) is 25.5. The van der Waals surface area contributed by atoms with Crippen molar-refractivity contribution in [1.82, 2.24) is 0 Å². The van der Waals surface area contributed by atoms with Crippen LogP contribution in [0.15, 0.2) is 0 Å². The summed E-state index contributed by atoms with van der Waals surface area (Å²) in [6.45, 7) is 4.64. The summed E-state index contributed by atoms with van der Waals surface area (Å²) >= 11 is 0. The third-order valence-electron chi connectivity index (χ3n) is 5.98. The van der Waals surface area contributed by atoms with Crippen molar-refractivity contribution in [2.75, 3.05) is 13.2 Å². The molecule has 0 aromatic rings. The molecule has 0 saturated heterocycles. The van der Waals surface area contributed by atoms with Crippen LogP contribution >= 0.6 is 0 Å². The first-order chi connectivity index (χ1) is 16.3.